The van der Waals surface area contributed by atoms with Gasteiger partial charge in [0.05, 0.1) is 19.5 Å². The Hall–Kier alpha value is -1.36. The van der Waals surface area contributed by atoms with Gasteiger partial charge in [-0.25, -0.2) is 0 Å². The van der Waals surface area contributed by atoms with Gasteiger partial charge >= 0.3 is 0 Å². The number of hydrogen-bond acceptors (Lipinski definition) is 5. The summed E-state index contributed by atoms with van der Waals surface area (Å²) in [6.45, 7) is 1.80. The van der Waals surface area contributed by atoms with E-state index in [2.05, 4.69) is 15.3 Å². The molecule has 0 atom stereocenters. The summed E-state index contributed by atoms with van der Waals surface area (Å²) < 4.78 is 4.99. The van der Waals surface area contributed by atoms with Crippen molar-refractivity contribution in [2.45, 2.75) is 0 Å². The second-order valence-electron chi connectivity index (χ2n) is 2.94. The van der Waals surface area contributed by atoms with Crippen LogP contribution in [0.4, 0.5) is 5.82 Å². The first-order valence-electron chi connectivity index (χ1n) is 4.49. The Morgan fingerprint density at radius 1 is 1.50 bits per heavy atom. The molecular formula is C9H16N4O. The zero-order valence-corrected chi connectivity index (χ0v) is 8.82. The van der Waals surface area contributed by atoms with Crippen molar-refractivity contribution in [1.82, 2.24) is 15.3 Å². The molecule has 0 amide bonds. The summed E-state index contributed by atoms with van der Waals surface area (Å²) in [5.41, 5.74) is 0. The molecule has 0 saturated heterocycles. The first-order valence-corrected chi connectivity index (χ1v) is 4.49. The van der Waals surface area contributed by atoms with Crippen molar-refractivity contribution in [2.75, 3.05) is 39.2 Å². The van der Waals surface area contributed by atoms with Crippen LogP contribution in [0.15, 0.2) is 12.4 Å². The summed E-state index contributed by atoms with van der Waals surface area (Å²) in [6, 6.07) is 0. The van der Waals surface area contributed by atoms with Gasteiger partial charge in [-0.1, -0.05) is 0 Å². The number of nitrogens with zero attached hydrogens (tertiary/aromatic N) is 3. The second-order valence-corrected chi connectivity index (χ2v) is 2.94. The van der Waals surface area contributed by atoms with Crippen LogP contribution in [0, 0.1) is 0 Å². The predicted octanol–water partition coefficient (Wildman–Crippen LogP) is 0.141. The van der Waals surface area contributed by atoms with Gasteiger partial charge in [0.15, 0.2) is 5.82 Å². The maximum absolute atomic E-state index is 4.99. The van der Waals surface area contributed by atoms with Crippen LogP contribution in [-0.4, -0.2) is 44.3 Å². The molecule has 0 aromatic carbocycles. The van der Waals surface area contributed by atoms with Crippen molar-refractivity contribution >= 4 is 5.82 Å². The first-order chi connectivity index (χ1) is 6.77. The van der Waals surface area contributed by atoms with Gasteiger partial charge in [0.2, 0.25) is 5.88 Å². The summed E-state index contributed by atoms with van der Waals surface area (Å²) in [7, 11) is 5.48. The Labute approximate surface area is 84.1 Å². The second kappa shape index (κ2) is 5.39. The van der Waals surface area contributed by atoms with Crippen molar-refractivity contribution < 1.29 is 4.74 Å². The molecule has 0 radical (unpaired) electrons. The fourth-order valence-electron chi connectivity index (χ4n) is 1.01. The molecule has 0 aliphatic rings. The van der Waals surface area contributed by atoms with Crippen molar-refractivity contribution in [2.24, 2.45) is 0 Å². The highest BCUT2D eigenvalue weighted by molar-refractivity contribution is 5.36. The van der Waals surface area contributed by atoms with E-state index in [1.54, 1.807) is 19.5 Å². The smallest absolute Gasteiger partial charge is 0.233 e. The van der Waals surface area contributed by atoms with Crippen LogP contribution < -0.4 is 15.0 Å². The lowest BCUT2D eigenvalue weighted by molar-refractivity contribution is 0.395. The fraction of sp³-hybridized carbons (Fsp3) is 0.556. The highest BCUT2D eigenvalue weighted by Crippen LogP contribution is 2.11. The maximum Gasteiger partial charge on any atom is 0.233 e. The molecule has 5 nitrogen and oxygen atoms in total. The lowest BCUT2D eigenvalue weighted by atomic mass is 10.5. The monoisotopic (exact) mass is 196 g/mol. The summed E-state index contributed by atoms with van der Waals surface area (Å²) >= 11 is 0. The van der Waals surface area contributed by atoms with E-state index in [9.17, 15) is 0 Å². The number of rotatable bonds is 5. The van der Waals surface area contributed by atoms with E-state index in [0.717, 1.165) is 18.9 Å². The lowest BCUT2D eigenvalue weighted by Gasteiger charge is -2.17. The van der Waals surface area contributed by atoms with Gasteiger partial charge in [0, 0.05) is 20.1 Å². The summed E-state index contributed by atoms with van der Waals surface area (Å²) in [5.74, 6) is 1.36. The largest absolute Gasteiger partial charge is 0.480 e. The van der Waals surface area contributed by atoms with Gasteiger partial charge in [-0.3, -0.25) is 4.98 Å². The van der Waals surface area contributed by atoms with Crippen LogP contribution in [-0.2, 0) is 0 Å². The molecule has 0 unspecified atom stereocenters. The van der Waals surface area contributed by atoms with E-state index < -0.39 is 0 Å². The first kappa shape index (κ1) is 10.7. The molecule has 0 bridgehead atoms. The quantitative estimate of drug-likeness (QED) is 0.726. The van der Waals surface area contributed by atoms with E-state index in [0.29, 0.717) is 5.88 Å². The Morgan fingerprint density at radius 2 is 2.29 bits per heavy atom. The van der Waals surface area contributed by atoms with Crippen molar-refractivity contribution in [3.63, 3.8) is 0 Å². The fourth-order valence-corrected chi connectivity index (χ4v) is 1.01. The highest BCUT2D eigenvalue weighted by Gasteiger charge is 2.03. The van der Waals surface area contributed by atoms with Crippen molar-refractivity contribution in [1.29, 1.82) is 0 Å². The number of likely N-dealkylation sites (N-methyl/N-ethyl adjacent to an activating group) is 2. The molecule has 14 heavy (non-hydrogen) atoms. The van der Waals surface area contributed by atoms with E-state index in [4.69, 9.17) is 4.74 Å². The molecular weight excluding hydrogens is 180 g/mol. The van der Waals surface area contributed by atoms with Crippen LogP contribution in [0.2, 0.25) is 0 Å². The third kappa shape index (κ3) is 2.85. The van der Waals surface area contributed by atoms with Gasteiger partial charge in [0.25, 0.3) is 0 Å². The zero-order valence-electron chi connectivity index (χ0n) is 8.82. The molecule has 1 rings (SSSR count). The molecule has 1 aromatic heterocycles. The minimum Gasteiger partial charge on any atom is -0.480 e. The molecule has 1 heterocycles. The van der Waals surface area contributed by atoms with Crippen LogP contribution in [0.5, 0.6) is 5.88 Å². The average molecular weight is 196 g/mol. The maximum atomic E-state index is 4.99. The molecule has 1 aromatic rings. The number of hydrogen-bond donors (Lipinski definition) is 1. The molecule has 78 valence electrons. The molecule has 0 aliphatic carbocycles. The summed E-state index contributed by atoms with van der Waals surface area (Å²) in [5, 5.41) is 3.08. The topological polar surface area (TPSA) is 50.3 Å². The lowest BCUT2D eigenvalue weighted by Crippen LogP contribution is -2.27. The number of ether oxygens (including phenoxy) is 1. The van der Waals surface area contributed by atoms with Gasteiger partial charge in [-0.05, 0) is 7.05 Å². The van der Waals surface area contributed by atoms with Crippen LogP contribution in [0.25, 0.3) is 0 Å². The molecule has 0 fully saturated rings. The van der Waals surface area contributed by atoms with E-state index in [-0.39, 0.29) is 0 Å². The predicted molar refractivity (Wildman–Crippen MR) is 55.8 cm³/mol. The number of methoxy groups -OCH3 is 1. The SMILES string of the molecule is CNCCN(C)c1cncc(OC)n1. The van der Waals surface area contributed by atoms with Gasteiger partial charge in [-0.2, -0.15) is 4.98 Å². The van der Waals surface area contributed by atoms with Crippen LogP contribution in [0.1, 0.15) is 0 Å². The number of aromatic nitrogens is 2. The normalized spacial score (nSPS) is 9.93. The Morgan fingerprint density at radius 3 is 2.93 bits per heavy atom. The molecule has 5 heteroatoms. The standard InChI is InChI=1S/C9H16N4O/c1-10-4-5-13(2)8-6-11-7-9(12-8)14-3/h6-7,10H,4-5H2,1-3H3. The van der Waals surface area contributed by atoms with Gasteiger partial charge in [-0.15, -0.1) is 0 Å². The molecule has 1 N–H and O–H groups in total. The third-order valence-corrected chi connectivity index (χ3v) is 1.90. The molecule has 0 spiro atoms. The van der Waals surface area contributed by atoms with Gasteiger partial charge in [0.1, 0.15) is 0 Å². The Kier molecular flexibility index (Phi) is 4.12. The van der Waals surface area contributed by atoms with Gasteiger partial charge < -0.3 is 15.0 Å². The van der Waals surface area contributed by atoms with E-state index >= 15 is 0 Å². The Bertz CT molecular complexity index is 279. The minimum absolute atomic E-state index is 0.541. The van der Waals surface area contributed by atoms with Crippen LogP contribution >= 0.6 is 0 Å². The number of nitrogens with one attached hydrogen (secondary N) is 1. The summed E-state index contributed by atoms with van der Waals surface area (Å²) in [4.78, 5) is 10.3. The van der Waals surface area contributed by atoms with Crippen molar-refractivity contribution in [3.05, 3.63) is 12.4 Å². The average Bonchev–Trinajstić information content (AvgIpc) is 2.26. The third-order valence-electron chi connectivity index (χ3n) is 1.90. The molecule has 0 aliphatic heterocycles. The van der Waals surface area contributed by atoms with Crippen LogP contribution in [0.3, 0.4) is 0 Å². The number of anilines is 1. The summed E-state index contributed by atoms with van der Waals surface area (Å²) in [6.07, 6.45) is 3.31. The molecule has 0 saturated carbocycles. The highest BCUT2D eigenvalue weighted by atomic mass is 16.5. The van der Waals surface area contributed by atoms with E-state index in [1.165, 1.54) is 0 Å². The zero-order chi connectivity index (χ0) is 10.4. The Balaban J connectivity index is 2.64. The van der Waals surface area contributed by atoms with E-state index in [1.807, 2.05) is 19.0 Å². The van der Waals surface area contributed by atoms with Crippen molar-refractivity contribution in [3.8, 4) is 5.88 Å². The minimum atomic E-state index is 0.541.